The first kappa shape index (κ1) is 13.7. The molecule has 2 saturated heterocycles. The van der Waals surface area contributed by atoms with Gasteiger partial charge in [0.1, 0.15) is 6.04 Å². The standard InChI is InChI=1S/C13H22N2O2S/c1-9(2)12-13(17)15(8-11(16)14-12)7-10-5-3-4-6-18-10/h9-10,12H,3-8H2,1-2H3,(H,14,16). The van der Waals surface area contributed by atoms with Gasteiger partial charge in [0, 0.05) is 11.8 Å². The molecule has 0 saturated carbocycles. The van der Waals surface area contributed by atoms with Gasteiger partial charge in [0.15, 0.2) is 0 Å². The number of rotatable bonds is 3. The molecule has 2 unspecified atom stereocenters. The zero-order chi connectivity index (χ0) is 13.1. The van der Waals surface area contributed by atoms with Gasteiger partial charge in [0.2, 0.25) is 11.8 Å². The van der Waals surface area contributed by atoms with Crippen LogP contribution >= 0.6 is 11.8 Å². The summed E-state index contributed by atoms with van der Waals surface area (Å²) >= 11 is 1.94. The van der Waals surface area contributed by atoms with Crippen molar-refractivity contribution in [1.82, 2.24) is 10.2 Å². The fourth-order valence-corrected chi connectivity index (χ4v) is 3.86. The minimum atomic E-state index is -0.333. The highest BCUT2D eigenvalue weighted by molar-refractivity contribution is 7.99. The first-order valence-corrected chi connectivity index (χ1v) is 7.82. The highest BCUT2D eigenvalue weighted by atomic mass is 32.2. The van der Waals surface area contributed by atoms with Crippen LogP contribution < -0.4 is 5.32 Å². The fourth-order valence-electron chi connectivity index (χ4n) is 2.53. The van der Waals surface area contributed by atoms with Gasteiger partial charge in [-0.05, 0) is 24.5 Å². The van der Waals surface area contributed by atoms with Crippen LogP contribution in [-0.2, 0) is 9.59 Å². The summed E-state index contributed by atoms with van der Waals surface area (Å²) in [5.74, 6) is 1.42. The number of amides is 2. The topological polar surface area (TPSA) is 49.4 Å². The molecule has 2 aliphatic heterocycles. The van der Waals surface area contributed by atoms with Crippen molar-refractivity contribution in [3.05, 3.63) is 0 Å². The second-order valence-corrected chi connectivity index (χ2v) is 6.90. The third-order valence-electron chi connectivity index (χ3n) is 3.59. The van der Waals surface area contributed by atoms with Crippen LogP contribution in [0.4, 0.5) is 0 Å². The Labute approximate surface area is 113 Å². The van der Waals surface area contributed by atoms with Crippen LogP contribution in [-0.4, -0.2) is 46.8 Å². The molecule has 0 aromatic carbocycles. The van der Waals surface area contributed by atoms with Gasteiger partial charge in [-0.2, -0.15) is 11.8 Å². The lowest BCUT2D eigenvalue weighted by molar-refractivity contribution is -0.145. The quantitative estimate of drug-likeness (QED) is 0.840. The van der Waals surface area contributed by atoms with Crippen molar-refractivity contribution in [2.45, 2.75) is 44.4 Å². The van der Waals surface area contributed by atoms with Crippen molar-refractivity contribution in [2.24, 2.45) is 5.92 Å². The molecular weight excluding hydrogens is 248 g/mol. The lowest BCUT2D eigenvalue weighted by Gasteiger charge is -2.36. The summed E-state index contributed by atoms with van der Waals surface area (Å²) in [7, 11) is 0. The van der Waals surface area contributed by atoms with E-state index < -0.39 is 0 Å². The van der Waals surface area contributed by atoms with Gasteiger partial charge in [-0.3, -0.25) is 9.59 Å². The van der Waals surface area contributed by atoms with Gasteiger partial charge in [-0.25, -0.2) is 0 Å². The number of piperazine rings is 1. The Morgan fingerprint density at radius 1 is 1.39 bits per heavy atom. The molecule has 18 heavy (non-hydrogen) atoms. The van der Waals surface area contributed by atoms with E-state index in [0.717, 1.165) is 6.54 Å². The van der Waals surface area contributed by atoms with Crippen molar-refractivity contribution >= 4 is 23.6 Å². The highest BCUT2D eigenvalue weighted by Crippen LogP contribution is 2.26. The van der Waals surface area contributed by atoms with Crippen LogP contribution in [0.15, 0.2) is 0 Å². The number of carbonyl (C=O) groups is 2. The fraction of sp³-hybridized carbons (Fsp3) is 0.846. The van der Waals surface area contributed by atoms with Crippen molar-refractivity contribution in [2.75, 3.05) is 18.8 Å². The van der Waals surface area contributed by atoms with Crippen molar-refractivity contribution < 1.29 is 9.59 Å². The van der Waals surface area contributed by atoms with Crippen molar-refractivity contribution in [3.63, 3.8) is 0 Å². The monoisotopic (exact) mass is 270 g/mol. The Bertz CT molecular complexity index is 327. The van der Waals surface area contributed by atoms with E-state index in [9.17, 15) is 9.59 Å². The maximum absolute atomic E-state index is 12.3. The molecule has 0 aliphatic carbocycles. The Morgan fingerprint density at radius 2 is 2.17 bits per heavy atom. The maximum Gasteiger partial charge on any atom is 0.245 e. The molecule has 0 aromatic heterocycles. The van der Waals surface area contributed by atoms with Crippen LogP contribution in [0.1, 0.15) is 33.1 Å². The molecule has 0 radical (unpaired) electrons. The zero-order valence-electron chi connectivity index (χ0n) is 11.1. The molecule has 2 rings (SSSR count). The molecule has 5 heteroatoms. The van der Waals surface area contributed by atoms with E-state index in [1.54, 1.807) is 4.90 Å². The Morgan fingerprint density at radius 3 is 2.78 bits per heavy atom. The average molecular weight is 270 g/mol. The molecule has 4 nitrogen and oxygen atoms in total. The summed E-state index contributed by atoms with van der Waals surface area (Å²) in [6.07, 6.45) is 3.70. The molecule has 102 valence electrons. The molecule has 1 N–H and O–H groups in total. The third kappa shape index (κ3) is 3.19. The molecule has 2 aliphatic rings. The Kier molecular flexibility index (Phi) is 4.54. The van der Waals surface area contributed by atoms with Crippen molar-refractivity contribution in [1.29, 1.82) is 0 Å². The summed E-state index contributed by atoms with van der Waals surface area (Å²) in [5, 5.41) is 3.31. The van der Waals surface area contributed by atoms with E-state index >= 15 is 0 Å². The molecule has 2 atom stereocenters. The summed E-state index contributed by atoms with van der Waals surface area (Å²) in [6.45, 7) is 4.92. The van der Waals surface area contributed by atoms with Gasteiger partial charge >= 0.3 is 0 Å². The number of hydrogen-bond acceptors (Lipinski definition) is 3. The normalized spacial score (nSPS) is 29.6. The predicted octanol–water partition coefficient (Wildman–Crippen LogP) is 1.26. The summed E-state index contributed by atoms with van der Waals surface area (Å²) < 4.78 is 0. The van der Waals surface area contributed by atoms with Crippen LogP contribution in [0.3, 0.4) is 0 Å². The summed E-state index contributed by atoms with van der Waals surface area (Å²) in [5.41, 5.74) is 0. The number of nitrogens with zero attached hydrogens (tertiary/aromatic N) is 1. The van der Waals surface area contributed by atoms with Crippen LogP contribution in [0, 0.1) is 5.92 Å². The van der Waals surface area contributed by atoms with E-state index in [1.165, 1.54) is 25.0 Å². The van der Waals surface area contributed by atoms with E-state index in [4.69, 9.17) is 0 Å². The SMILES string of the molecule is CC(C)C1NC(=O)CN(CC2CCCCS2)C1=O. The Balaban J connectivity index is 1.97. The smallest absolute Gasteiger partial charge is 0.245 e. The molecule has 2 fully saturated rings. The number of nitrogens with one attached hydrogen (secondary N) is 1. The molecule has 0 spiro atoms. The van der Waals surface area contributed by atoms with Gasteiger partial charge in [-0.15, -0.1) is 0 Å². The second kappa shape index (κ2) is 5.95. The van der Waals surface area contributed by atoms with Gasteiger partial charge in [-0.1, -0.05) is 20.3 Å². The second-order valence-electron chi connectivity index (χ2n) is 5.50. The summed E-state index contributed by atoms with van der Waals surface area (Å²) in [6, 6.07) is -0.333. The minimum absolute atomic E-state index is 0.0193. The van der Waals surface area contributed by atoms with Crippen molar-refractivity contribution in [3.8, 4) is 0 Å². The maximum atomic E-state index is 12.3. The molecule has 0 bridgehead atoms. The van der Waals surface area contributed by atoms with Crippen LogP contribution in [0.25, 0.3) is 0 Å². The largest absolute Gasteiger partial charge is 0.343 e. The molecule has 0 aromatic rings. The van der Waals surface area contributed by atoms with E-state index in [2.05, 4.69) is 5.32 Å². The number of hydrogen-bond donors (Lipinski definition) is 1. The van der Waals surface area contributed by atoms with Crippen LogP contribution in [0.5, 0.6) is 0 Å². The lowest BCUT2D eigenvalue weighted by atomic mass is 10.0. The van der Waals surface area contributed by atoms with Gasteiger partial charge in [0.25, 0.3) is 0 Å². The third-order valence-corrected chi connectivity index (χ3v) is 4.97. The average Bonchev–Trinajstić information content (AvgIpc) is 2.34. The van der Waals surface area contributed by atoms with E-state index in [1.807, 2.05) is 25.6 Å². The molecule has 2 heterocycles. The van der Waals surface area contributed by atoms with Crippen LogP contribution in [0.2, 0.25) is 0 Å². The minimum Gasteiger partial charge on any atom is -0.343 e. The van der Waals surface area contributed by atoms with E-state index in [-0.39, 0.29) is 30.3 Å². The summed E-state index contributed by atoms with van der Waals surface area (Å²) in [4.78, 5) is 25.7. The van der Waals surface area contributed by atoms with Gasteiger partial charge in [0.05, 0.1) is 6.54 Å². The molecular formula is C13H22N2O2S. The lowest BCUT2D eigenvalue weighted by Crippen LogP contribution is -2.60. The van der Waals surface area contributed by atoms with E-state index in [0.29, 0.717) is 5.25 Å². The highest BCUT2D eigenvalue weighted by Gasteiger charge is 2.35. The predicted molar refractivity (Wildman–Crippen MR) is 73.4 cm³/mol. The first-order valence-electron chi connectivity index (χ1n) is 6.77. The number of carbonyl (C=O) groups excluding carboxylic acids is 2. The zero-order valence-corrected chi connectivity index (χ0v) is 12.0. The Hall–Kier alpha value is -0.710. The molecule has 2 amide bonds. The number of thioether (sulfide) groups is 1. The van der Waals surface area contributed by atoms with Gasteiger partial charge < -0.3 is 10.2 Å². The first-order chi connectivity index (χ1) is 8.58.